The Morgan fingerprint density at radius 3 is 2.32 bits per heavy atom. The monoisotopic (exact) mass is 339 g/mol. The van der Waals surface area contributed by atoms with Gasteiger partial charge in [-0.05, 0) is 48.9 Å². The number of ether oxygens (including phenoxy) is 2. The van der Waals surface area contributed by atoms with Gasteiger partial charge in [-0.3, -0.25) is 0 Å². The summed E-state index contributed by atoms with van der Waals surface area (Å²) in [7, 11) is 1.61. The van der Waals surface area contributed by atoms with Crippen LogP contribution >= 0.6 is 0 Å². The van der Waals surface area contributed by atoms with E-state index in [0.29, 0.717) is 35.6 Å². The number of hydrogen-bond donors (Lipinski definition) is 1. The first-order valence-corrected chi connectivity index (χ1v) is 8.22. The highest BCUT2D eigenvalue weighted by Gasteiger charge is 2.13. The summed E-state index contributed by atoms with van der Waals surface area (Å²) in [5.74, 6) is 2.21. The zero-order chi connectivity index (χ0) is 17.6. The van der Waals surface area contributed by atoms with Gasteiger partial charge in [0.1, 0.15) is 0 Å². The van der Waals surface area contributed by atoms with Crippen molar-refractivity contribution in [1.29, 1.82) is 0 Å². The molecule has 0 spiro atoms. The lowest BCUT2D eigenvalue weighted by molar-refractivity contribution is 0.288. The molecule has 0 bridgehead atoms. The molecule has 3 rings (SSSR count). The lowest BCUT2D eigenvalue weighted by atomic mass is 10.2. The lowest BCUT2D eigenvalue weighted by Crippen LogP contribution is -1.98. The molecule has 0 amide bonds. The van der Waals surface area contributed by atoms with Gasteiger partial charge in [-0.2, -0.15) is 0 Å². The van der Waals surface area contributed by atoms with E-state index in [9.17, 15) is 0 Å². The molecular formula is C19H21N3O3. The highest BCUT2D eigenvalue weighted by atomic mass is 16.5. The number of nitrogens with zero attached hydrogens (tertiary/aromatic N) is 2. The Labute approximate surface area is 146 Å². The molecule has 130 valence electrons. The highest BCUT2D eigenvalue weighted by molar-refractivity contribution is 5.62. The van der Waals surface area contributed by atoms with E-state index in [-0.39, 0.29) is 0 Å². The molecule has 2 N–H and O–H groups in total. The molecule has 0 saturated carbocycles. The smallest absolute Gasteiger partial charge is 0.248 e. The van der Waals surface area contributed by atoms with E-state index in [4.69, 9.17) is 19.6 Å². The van der Waals surface area contributed by atoms with Gasteiger partial charge in [0.05, 0.1) is 13.7 Å². The van der Waals surface area contributed by atoms with Crippen molar-refractivity contribution in [2.45, 2.75) is 19.8 Å². The summed E-state index contributed by atoms with van der Waals surface area (Å²) in [6.07, 6.45) is 2.08. The molecule has 1 heterocycles. The number of unbranched alkanes of at least 4 members (excludes halogenated alkanes) is 1. The van der Waals surface area contributed by atoms with Crippen molar-refractivity contribution in [3.05, 3.63) is 42.5 Å². The quantitative estimate of drug-likeness (QED) is 0.514. The molecule has 1 aromatic heterocycles. The minimum atomic E-state index is 0.422. The first-order valence-electron chi connectivity index (χ1n) is 8.22. The van der Waals surface area contributed by atoms with E-state index in [1.165, 1.54) is 0 Å². The molecule has 0 aliphatic rings. The van der Waals surface area contributed by atoms with Crippen molar-refractivity contribution in [3.8, 4) is 34.4 Å². The lowest BCUT2D eigenvalue weighted by Gasteiger charge is -2.10. The Morgan fingerprint density at radius 1 is 0.960 bits per heavy atom. The van der Waals surface area contributed by atoms with Crippen molar-refractivity contribution < 1.29 is 13.9 Å². The Kier molecular flexibility index (Phi) is 5.18. The van der Waals surface area contributed by atoms with Gasteiger partial charge in [-0.15, -0.1) is 10.2 Å². The Bertz CT molecular complexity index is 828. The van der Waals surface area contributed by atoms with Crippen LogP contribution in [-0.2, 0) is 0 Å². The average molecular weight is 339 g/mol. The van der Waals surface area contributed by atoms with Crippen LogP contribution in [-0.4, -0.2) is 23.9 Å². The second kappa shape index (κ2) is 7.70. The van der Waals surface area contributed by atoms with Crippen LogP contribution in [0.3, 0.4) is 0 Å². The summed E-state index contributed by atoms with van der Waals surface area (Å²) in [5, 5.41) is 8.22. The van der Waals surface area contributed by atoms with E-state index in [1.807, 2.05) is 30.3 Å². The third-order valence-electron chi connectivity index (χ3n) is 3.75. The van der Waals surface area contributed by atoms with E-state index in [1.54, 1.807) is 19.2 Å². The minimum Gasteiger partial charge on any atom is -0.493 e. The third kappa shape index (κ3) is 3.91. The van der Waals surface area contributed by atoms with Crippen molar-refractivity contribution >= 4 is 5.69 Å². The molecule has 0 aliphatic heterocycles. The molecular weight excluding hydrogens is 318 g/mol. The predicted molar refractivity (Wildman–Crippen MR) is 96.5 cm³/mol. The Balaban J connectivity index is 1.83. The molecule has 2 aromatic carbocycles. The molecule has 0 radical (unpaired) electrons. The number of benzene rings is 2. The van der Waals surface area contributed by atoms with Crippen molar-refractivity contribution in [2.24, 2.45) is 0 Å². The number of hydrogen-bond acceptors (Lipinski definition) is 6. The maximum absolute atomic E-state index is 5.77. The maximum atomic E-state index is 5.77. The molecule has 0 unspecified atom stereocenters. The summed E-state index contributed by atoms with van der Waals surface area (Å²) < 4.78 is 16.9. The van der Waals surface area contributed by atoms with Gasteiger partial charge in [-0.25, -0.2) is 0 Å². The SMILES string of the molecule is CCCCOc1ccc(-c2nnc(-c3ccc(N)cc3)o2)cc1OC. The summed E-state index contributed by atoms with van der Waals surface area (Å²) >= 11 is 0. The van der Waals surface area contributed by atoms with E-state index in [2.05, 4.69) is 17.1 Å². The van der Waals surface area contributed by atoms with Crippen LogP contribution in [0.2, 0.25) is 0 Å². The van der Waals surface area contributed by atoms with E-state index in [0.717, 1.165) is 24.0 Å². The molecule has 0 saturated heterocycles. The van der Waals surface area contributed by atoms with Gasteiger partial charge in [-0.1, -0.05) is 13.3 Å². The predicted octanol–water partition coefficient (Wildman–Crippen LogP) is 4.17. The number of nitrogens with two attached hydrogens (primary N) is 1. The zero-order valence-electron chi connectivity index (χ0n) is 14.4. The summed E-state index contributed by atoms with van der Waals surface area (Å²) in [6.45, 7) is 2.78. The second-order valence-electron chi connectivity index (χ2n) is 5.60. The normalized spacial score (nSPS) is 10.6. The Hall–Kier alpha value is -3.02. The van der Waals surface area contributed by atoms with Gasteiger partial charge >= 0.3 is 0 Å². The van der Waals surface area contributed by atoms with Crippen molar-refractivity contribution in [2.75, 3.05) is 19.5 Å². The van der Waals surface area contributed by atoms with E-state index >= 15 is 0 Å². The molecule has 6 heteroatoms. The van der Waals surface area contributed by atoms with Gasteiger partial charge < -0.3 is 19.6 Å². The number of anilines is 1. The standard InChI is InChI=1S/C19H21N3O3/c1-3-4-11-24-16-10-7-14(12-17(16)23-2)19-22-21-18(25-19)13-5-8-15(20)9-6-13/h5-10,12H,3-4,11,20H2,1-2H3. The van der Waals surface area contributed by atoms with Crippen LogP contribution in [0.1, 0.15) is 19.8 Å². The summed E-state index contributed by atoms with van der Waals surface area (Å²) in [4.78, 5) is 0. The van der Waals surface area contributed by atoms with Crippen molar-refractivity contribution in [1.82, 2.24) is 10.2 Å². The van der Waals surface area contributed by atoms with Gasteiger partial charge in [0.2, 0.25) is 11.8 Å². The van der Waals surface area contributed by atoms with E-state index < -0.39 is 0 Å². The van der Waals surface area contributed by atoms with Crippen LogP contribution in [0.5, 0.6) is 11.5 Å². The largest absolute Gasteiger partial charge is 0.493 e. The van der Waals surface area contributed by atoms with Crippen LogP contribution in [0.4, 0.5) is 5.69 Å². The summed E-state index contributed by atoms with van der Waals surface area (Å²) in [5.41, 5.74) is 7.98. The molecule has 0 atom stereocenters. The fourth-order valence-corrected chi connectivity index (χ4v) is 2.33. The maximum Gasteiger partial charge on any atom is 0.248 e. The molecule has 25 heavy (non-hydrogen) atoms. The van der Waals surface area contributed by atoms with Crippen LogP contribution in [0, 0.1) is 0 Å². The molecule has 6 nitrogen and oxygen atoms in total. The highest BCUT2D eigenvalue weighted by Crippen LogP contribution is 2.33. The number of methoxy groups -OCH3 is 1. The number of rotatable bonds is 7. The van der Waals surface area contributed by atoms with Gasteiger partial charge in [0, 0.05) is 16.8 Å². The third-order valence-corrected chi connectivity index (χ3v) is 3.75. The first-order chi connectivity index (χ1) is 12.2. The molecule has 0 aliphatic carbocycles. The molecule has 0 fully saturated rings. The zero-order valence-corrected chi connectivity index (χ0v) is 14.4. The van der Waals surface area contributed by atoms with Gasteiger partial charge in [0.15, 0.2) is 11.5 Å². The van der Waals surface area contributed by atoms with Crippen LogP contribution in [0.15, 0.2) is 46.9 Å². The van der Waals surface area contributed by atoms with Gasteiger partial charge in [0.25, 0.3) is 0 Å². The Morgan fingerprint density at radius 2 is 1.64 bits per heavy atom. The van der Waals surface area contributed by atoms with Crippen LogP contribution in [0.25, 0.3) is 22.9 Å². The first kappa shape index (κ1) is 16.8. The minimum absolute atomic E-state index is 0.422. The fourth-order valence-electron chi connectivity index (χ4n) is 2.33. The number of nitrogen functional groups attached to an aromatic ring is 1. The summed E-state index contributed by atoms with van der Waals surface area (Å²) in [6, 6.07) is 12.9. The topological polar surface area (TPSA) is 83.4 Å². The average Bonchev–Trinajstić information content (AvgIpc) is 3.13. The van der Waals surface area contributed by atoms with Crippen molar-refractivity contribution in [3.63, 3.8) is 0 Å². The second-order valence-corrected chi connectivity index (χ2v) is 5.60. The molecule has 3 aromatic rings. The van der Waals surface area contributed by atoms with Crippen LogP contribution < -0.4 is 15.2 Å². The number of aromatic nitrogens is 2. The fraction of sp³-hybridized carbons (Fsp3) is 0.263.